The van der Waals surface area contributed by atoms with E-state index in [1.165, 1.54) is 6.33 Å². The van der Waals surface area contributed by atoms with Crippen molar-refractivity contribution < 1.29 is 27.9 Å². The Morgan fingerprint density at radius 3 is 2.38 bits per heavy atom. The average Bonchev–Trinajstić information content (AvgIpc) is 3.54. The van der Waals surface area contributed by atoms with Gasteiger partial charge in [-0.05, 0) is 41.8 Å². The van der Waals surface area contributed by atoms with E-state index in [0.717, 1.165) is 44.7 Å². The molecule has 12 heteroatoms. The number of amides is 1. The fourth-order valence-electron chi connectivity index (χ4n) is 3.81. The number of nitrogens with one attached hydrogen (secondary N) is 1. The number of hydrogen-bond acceptors (Lipinski definition) is 5. The third kappa shape index (κ3) is 5.17. The molecule has 2 aromatic carbocycles. The summed E-state index contributed by atoms with van der Waals surface area (Å²) in [5.41, 5.74) is 12.1. The highest BCUT2D eigenvalue weighted by Crippen LogP contribution is 2.32. The number of rotatable bonds is 4. The summed E-state index contributed by atoms with van der Waals surface area (Å²) in [5.74, 6) is -3.21. The maximum atomic E-state index is 12.1. The lowest BCUT2D eigenvalue weighted by molar-refractivity contribution is -0.192. The molecular weight excluding hydrogens is 489 g/mol. The van der Waals surface area contributed by atoms with Gasteiger partial charge in [-0.25, -0.2) is 19.4 Å². The predicted octanol–water partition coefficient (Wildman–Crippen LogP) is 4.52. The van der Waals surface area contributed by atoms with Gasteiger partial charge in [0.25, 0.3) is 0 Å². The Morgan fingerprint density at radius 2 is 1.73 bits per heavy atom. The van der Waals surface area contributed by atoms with Gasteiger partial charge in [-0.2, -0.15) is 18.3 Å². The minimum atomic E-state index is -5.08. The van der Waals surface area contributed by atoms with Crippen molar-refractivity contribution in [2.45, 2.75) is 13.1 Å². The van der Waals surface area contributed by atoms with Crippen LogP contribution in [0.5, 0.6) is 0 Å². The molecule has 0 saturated heterocycles. The number of aromatic nitrogens is 5. The third-order valence-electron chi connectivity index (χ3n) is 5.46. The van der Waals surface area contributed by atoms with Crippen LogP contribution in [0.1, 0.15) is 15.9 Å². The summed E-state index contributed by atoms with van der Waals surface area (Å²) in [7, 11) is 0. The Hall–Kier alpha value is -5.00. The van der Waals surface area contributed by atoms with Crippen molar-refractivity contribution in [1.82, 2.24) is 24.7 Å². The standard InChI is InChI=1S/C23H18N6O.C2HF3O2/c1-14-19(8-7-17(22(24)30)20(14)15-5-3-2-4-6-15)29-12-16(11-28-29)21-18-9-10-25-23(18)27-13-26-21;3-2(4,5)1(6)7/h2-13H,1H3,(H2,24,30)(H,25,26,27);(H,6,7). The van der Waals surface area contributed by atoms with Crippen LogP contribution < -0.4 is 5.73 Å². The van der Waals surface area contributed by atoms with Gasteiger partial charge in [-0.3, -0.25) is 4.79 Å². The second kappa shape index (κ2) is 9.93. The van der Waals surface area contributed by atoms with Crippen LogP contribution in [0.2, 0.25) is 0 Å². The van der Waals surface area contributed by atoms with Gasteiger partial charge in [-0.1, -0.05) is 30.3 Å². The number of carboxylic acids is 1. The molecular formula is C25H19F3N6O3. The number of carbonyl (C=O) groups is 2. The van der Waals surface area contributed by atoms with E-state index in [9.17, 15) is 18.0 Å². The highest BCUT2D eigenvalue weighted by atomic mass is 19.4. The highest BCUT2D eigenvalue weighted by molar-refractivity contribution is 6.01. The van der Waals surface area contributed by atoms with Crippen LogP contribution in [-0.2, 0) is 4.79 Å². The number of nitrogens with zero attached hydrogens (tertiary/aromatic N) is 4. The van der Waals surface area contributed by atoms with Crippen LogP contribution in [-0.4, -0.2) is 47.9 Å². The molecule has 0 atom stereocenters. The lowest BCUT2D eigenvalue weighted by Crippen LogP contribution is -2.21. The number of benzene rings is 2. The molecule has 0 bridgehead atoms. The number of hydrogen-bond donors (Lipinski definition) is 3. The molecule has 1 amide bonds. The first-order chi connectivity index (χ1) is 17.6. The zero-order valence-electron chi connectivity index (χ0n) is 19.2. The van der Waals surface area contributed by atoms with Crippen molar-refractivity contribution in [3.8, 4) is 28.1 Å². The van der Waals surface area contributed by atoms with Crippen molar-refractivity contribution in [3.63, 3.8) is 0 Å². The quantitative estimate of drug-likeness (QED) is 0.326. The van der Waals surface area contributed by atoms with Gasteiger partial charge in [0.1, 0.15) is 12.0 Å². The van der Waals surface area contributed by atoms with Crippen molar-refractivity contribution >= 4 is 22.9 Å². The summed E-state index contributed by atoms with van der Waals surface area (Å²) in [5, 5.41) is 12.6. The molecule has 3 aromatic heterocycles. The molecule has 0 fully saturated rings. The fourth-order valence-corrected chi connectivity index (χ4v) is 3.81. The summed E-state index contributed by atoms with van der Waals surface area (Å²) in [4.78, 5) is 32.7. The fraction of sp³-hybridized carbons (Fsp3) is 0.0800. The summed E-state index contributed by atoms with van der Waals surface area (Å²) < 4.78 is 33.5. The normalized spacial score (nSPS) is 11.1. The Kier molecular flexibility index (Phi) is 6.74. The summed E-state index contributed by atoms with van der Waals surface area (Å²) >= 11 is 0. The zero-order chi connectivity index (χ0) is 26.7. The molecule has 188 valence electrons. The summed E-state index contributed by atoms with van der Waals surface area (Å²) in [6.07, 6.45) is 1.99. The second-order valence-electron chi connectivity index (χ2n) is 7.80. The number of carboxylic acid groups (broad SMARTS) is 1. The molecule has 37 heavy (non-hydrogen) atoms. The van der Waals surface area contributed by atoms with Gasteiger partial charge in [0.05, 0.1) is 17.6 Å². The Morgan fingerprint density at radius 1 is 1.03 bits per heavy atom. The molecule has 0 aliphatic rings. The minimum Gasteiger partial charge on any atom is -0.475 e. The van der Waals surface area contributed by atoms with E-state index in [1.807, 2.05) is 61.8 Å². The molecule has 0 unspecified atom stereocenters. The van der Waals surface area contributed by atoms with Gasteiger partial charge >= 0.3 is 12.1 Å². The van der Waals surface area contributed by atoms with Gasteiger partial charge in [0, 0.05) is 28.9 Å². The largest absolute Gasteiger partial charge is 0.490 e. The van der Waals surface area contributed by atoms with E-state index in [0.29, 0.717) is 5.56 Å². The number of aromatic amines is 1. The number of halogens is 3. The molecule has 5 rings (SSSR count). The van der Waals surface area contributed by atoms with E-state index >= 15 is 0 Å². The Balaban J connectivity index is 0.000000405. The molecule has 0 radical (unpaired) electrons. The number of H-pyrrole nitrogens is 1. The molecule has 0 aliphatic heterocycles. The molecule has 3 heterocycles. The van der Waals surface area contributed by atoms with Gasteiger partial charge in [-0.15, -0.1) is 0 Å². The smallest absolute Gasteiger partial charge is 0.475 e. The van der Waals surface area contributed by atoms with E-state index in [1.54, 1.807) is 16.9 Å². The number of fused-ring (bicyclic) bond motifs is 1. The maximum Gasteiger partial charge on any atom is 0.490 e. The van der Waals surface area contributed by atoms with E-state index < -0.39 is 18.1 Å². The van der Waals surface area contributed by atoms with Crippen LogP contribution >= 0.6 is 0 Å². The molecule has 5 aromatic rings. The highest BCUT2D eigenvalue weighted by Gasteiger charge is 2.38. The number of carbonyl (C=O) groups excluding carboxylic acids is 1. The molecule has 4 N–H and O–H groups in total. The first kappa shape index (κ1) is 25.1. The Labute approximate surface area is 207 Å². The van der Waals surface area contributed by atoms with E-state index in [2.05, 4.69) is 20.1 Å². The lowest BCUT2D eigenvalue weighted by Gasteiger charge is -2.15. The SMILES string of the molecule is Cc1c(-n2cc(-c3ncnc4[nH]ccc34)cn2)ccc(C(N)=O)c1-c1ccccc1.O=C(O)C(F)(F)F. The van der Waals surface area contributed by atoms with Crippen LogP contribution in [0.3, 0.4) is 0 Å². The van der Waals surface area contributed by atoms with Gasteiger partial charge in [0.2, 0.25) is 5.91 Å². The summed E-state index contributed by atoms with van der Waals surface area (Å²) in [6, 6.07) is 15.3. The number of primary amides is 1. The first-order valence-electron chi connectivity index (χ1n) is 10.7. The van der Waals surface area contributed by atoms with E-state index in [4.69, 9.17) is 15.6 Å². The molecule has 0 aliphatic carbocycles. The lowest BCUT2D eigenvalue weighted by atomic mass is 9.93. The second-order valence-corrected chi connectivity index (χ2v) is 7.80. The number of nitrogens with two attached hydrogens (primary N) is 1. The monoisotopic (exact) mass is 508 g/mol. The zero-order valence-corrected chi connectivity index (χ0v) is 19.2. The molecule has 0 spiro atoms. The topological polar surface area (TPSA) is 140 Å². The number of aliphatic carboxylic acids is 1. The molecule has 9 nitrogen and oxygen atoms in total. The number of alkyl halides is 3. The van der Waals surface area contributed by atoms with Crippen LogP contribution in [0.4, 0.5) is 13.2 Å². The van der Waals surface area contributed by atoms with Crippen molar-refractivity contribution in [2.24, 2.45) is 5.73 Å². The van der Waals surface area contributed by atoms with E-state index in [-0.39, 0.29) is 0 Å². The van der Waals surface area contributed by atoms with Crippen LogP contribution in [0.25, 0.3) is 39.1 Å². The maximum absolute atomic E-state index is 12.1. The van der Waals surface area contributed by atoms with Crippen molar-refractivity contribution in [1.29, 1.82) is 0 Å². The van der Waals surface area contributed by atoms with Gasteiger partial charge < -0.3 is 15.8 Å². The van der Waals surface area contributed by atoms with Gasteiger partial charge in [0.15, 0.2) is 0 Å². The molecule has 0 saturated carbocycles. The first-order valence-corrected chi connectivity index (χ1v) is 10.7. The third-order valence-corrected chi connectivity index (χ3v) is 5.46. The summed E-state index contributed by atoms with van der Waals surface area (Å²) in [6.45, 7) is 1.97. The predicted molar refractivity (Wildman–Crippen MR) is 129 cm³/mol. The average molecular weight is 508 g/mol. The van der Waals surface area contributed by atoms with Crippen LogP contribution in [0.15, 0.2) is 73.4 Å². The van der Waals surface area contributed by atoms with Crippen LogP contribution in [0, 0.1) is 6.92 Å². The van der Waals surface area contributed by atoms with Crippen molar-refractivity contribution in [3.05, 3.63) is 84.6 Å². The minimum absolute atomic E-state index is 0.458. The van der Waals surface area contributed by atoms with Crippen molar-refractivity contribution in [2.75, 3.05) is 0 Å². The Bertz CT molecular complexity index is 1590.